The van der Waals surface area contributed by atoms with Gasteiger partial charge < -0.3 is 15.0 Å². The van der Waals surface area contributed by atoms with Crippen LogP contribution in [0.15, 0.2) is 54.6 Å². The predicted molar refractivity (Wildman–Crippen MR) is 125 cm³/mol. The van der Waals surface area contributed by atoms with E-state index >= 15 is 0 Å². The van der Waals surface area contributed by atoms with E-state index in [0.717, 1.165) is 23.3 Å². The molecule has 2 aromatic rings. The second-order valence-corrected chi connectivity index (χ2v) is 7.96. The molecule has 5 nitrogen and oxygen atoms in total. The third-order valence-electron chi connectivity index (χ3n) is 5.54. The normalized spacial score (nSPS) is 12.6. The Morgan fingerprint density at radius 1 is 1.00 bits per heavy atom. The van der Waals surface area contributed by atoms with E-state index < -0.39 is 6.04 Å². The summed E-state index contributed by atoms with van der Waals surface area (Å²) in [6.07, 6.45) is 2.36. The van der Waals surface area contributed by atoms with Gasteiger partial charge in [0, 0.05) is 19.0 Å². The van der Waals surface area contributed by atoms with E-state index in [2.05, 4.69) is 5.32 Å². The van der Waals surface area contributed by atoms with E-state index in [1.807, 2.05) is 82.3 Å². The van der Waals surface area contributed by atoms with Crippen LogP contribution in [0, 0.1) is 6.92 Å². The quantitative estimate of drug-likeness (QED) is 0.494. The van der Waals surface area contributed by atoms with Crippen LogP contribution >= 0.6 is 0 Å². The van der Waals surface area contributed by atoms with E-state index in [4.69, 9.17) is 4.74 Å². The fraction of sp³-hybridized carbons (Fsp3) is 0.462. The molecule has 0 radical (unpaired) electrons. The molecule has 31 heavy (non-hydrogen) atoms. The largest absolute Gasteiger partial charge is 0.494 e. The van der Waals surface area contributed by atoms with Crippen LogP contribution in [0.3, 0.4) is 0 Å². The monoisotopic (exact) mass is 424 g/mol. The molecule has 0 fully saturated rings. The van der Waals surface area contributed by atoms with Crippen LogP contribution in [0.4, 0.5) is 0 Å². The summed E-state index contributed by atoms with van der Waals surface area (Å²) in [5, 5.41) is 3.05. The first-order chi connectivity index (χ1) is 15.0. The highest BCUT2D eigenvalue weighted by molar-refractivity contribution is 5.87. The number of benzene rings is 2. The maximum Gasteiger partial charge on any atom is 0.243 e. The summed E-state index contributed by atoms with van der Waals surface area (Å²) in [5.41, 5.74) is 2.18. The first kappa shape index (κ1) is 24.4. The maximum atomic E-state index is 13.2. The molecule has 2 atom stereocenters. The lowest BCUT2D eigenvalue weighted by atomic mass is 10.0. The van der Waals surface area contributed by atoms with E-state index in [0.29, 0.717) is 32.4 Å². The molecule has 0 saturated carbocycles. The number of carbonyl (C=O) groups excluding carboxylic acids is 2. The molecule has 0 bridgehead atoms. The van der Waals surface area contributed by atoms with Crippen molar-refractivity contribution in [1.29, 1.82) is 0 Å². The molecular weight excluding hydrogens is 388 g/mol. The first-order valence-corrected chi connectivity index (χ1v) is 11.3. The SMILES string of the molecule is CC[C@H](C)NC(=O)[C@H](CC)N(Cc1ccccc1C)C(=O)CCCOc1ccccc1. The summed E-state index contributed by atoms with van der Waals surface area (Å²) in [5.74, 6) is 0.691. The number of nitrogens with one attached hydrogen (secondary N) is 1. The number of amides is 2. The summed E-state index contributed by atoms with van der Waals surface area (Å²) < 4.78 is 5.72. The number of carbonyl (C=O) groups is 2. The molecule has 2 amide bonds. The van der Waals surface area contributed by atoms with Crippen LogP contribution < -0.4 is 10.1 Å². The highest BCUT2D eigenvalue weighted by atomic mass is 16.5. The molecule has 0 heterocycles. The highest BCUT2D eigenvalue weighted by Crippen LogP contribution is 2.17. The number of nitrogens with zero attached hydrogens (tertiary/aromatic N) is 1. The van der Waals surface area contributed by atoms with Gasteiger partial charge in [0.05, 0.1) is 6.61 Å². The van der Waals surface area contributed by atoms with Gasteiger partial charge in [-0.3, -0.25) is 9.59 Å². The highest BCUT2D eigenvalue weighted by Gasteiger charge is 2.29. The van der Waals surface area contributed by atoms with Gasteiger partial charge in [0.25, 0.3) is 0 Å². The van der Waals surface area contributed by atoms with Crippen LogP contribution in [0.2, 0.25) is 0 Å². The molecule has 2 aromatic carbocycles. The predicted octanol–water partition coefficient (Wildman–Crippen LogP) is 4.88. The molecule has 0 aromatic heterocycles. The lowest BCUT2D eigenvalue weighted by molar-refractivity contribution is -0.141. The number of aryl methyl sites for hydroxylation is 1. The molecule has 0 aliphatic carbocycles. The maximum absolute atomic E-state index is 13.2. The fourth-order valence-corrected chi connectivity index (χ4v) is 3.41. The third kappa shape index (κ3) is 7.74. The van der Waals surface area contributed by atoms with Crippen molar-refractivity contribution in [3.8, 4) is 5.75 Å². The number of para-hydroxylation sites is 1. The summed E-state index contributed by atoms with van der Waals surface area (Å²) in [7, 11) is 0. The molecule has 2 rings (SSSR count). The topological polar surface area (TPSA) is 58.6 Å². The third-order valence-corrected chi connectivity index (χ3v) is 5.54. The molecule has 168 valence electrons. The van der Waals surface area contributed by atoms with Crippen molar-refractivity contribution in [1.82, 2.24) is 10.2 Å². The van der Waals surface area contributed by atoms with Crippen LogP contribution in [0.5, 0.6) is 5.75 Å². The van der Waals surface area contributed by atoms with Crippen molar-refractivity contribution in [3.63, 3.8) is 0 Å². The molecule has 0 saturated heterocycles. The minimum Gasteiger partial charge on any atom is -0.494 e. The summed E-state index contributed by atoms with van der Waals surface area (Å²) >= 11 is 0. The minimum absolute atomic E-state index is 0.0222. The van der Waals surface area contributed by atoms with E-state index in [1.165, 1.54) is 0 Å². The second kappa shape index (κ2) is 12.8. The zero-order valence-corrected chi connectivity index (χ0v) is 19.3. The lowest BCUT2D eigenvalue weighted by Crippen LogP contribution is -2.50. The van der Waals surface area contributed by atoms with Gasteiger partial charge in [0.15, 0.2) is 0 Å². The molecule has 0 unspecified atom stereocenters. The van der Waals surface area contributed by atoms with Crippen molar-refractivity contribution in [2.75, 3.05) is 6.61 Å². The van der Waals surface area contributed by atoms with Crippen molar-refractivity contribution < 1.29 is 14.3 Å². The van der Waals surface area contributed by atoms with Crippen molar-refractivity contribution in [2.24, 2.45) is 0 Å². The second-order valence-electron chi connectivity index (χ2n) is 7.96. The molecule has 0 aliphatic rings. The standard InChI is InChI=1S/C26H36N2O3/c1-5-21(4)27-26(30)24(6-2)28(19-22-14-11-10-13-20(22)3)25(29)17-12-18-31-23-15-8-7-9-16-23/h7-11,13-16,21,24H,5-6,12,17-19H2,1-4H3,(H,27,30)/t21-,24-/m0/s1. The van der Waals surface area contributed by atoms with Crippen LogP contribution in [0.25, 0.3) is 0 Å². The Kier molecular flexibility index (Phi) is 10.1. The molecule has 0 spiro atoms. The Morgan fingerprint density at radius 2 is 1.68 bits per heavy atom. The Labute approximate surface area is 186 Å². The average Bonchev–Trinajstić information content (AvgIpc) is 2.78. The van der Waals surface area contributed by atoms with Gasteiger partial charge in [0.2, 0.25) is 11.8 Å². The summed E-state index contributed by atoms with van der Waals surface area (Å²) in [6, 6.07) is 17.2. The van der Waals surface area contributed by atoms with Gasteiger partial charge in [-0.2, -0.15) is 0 Å². The smallest absolute Gasteiger partial charge is 0.243 e. The number of rotatable bonds is 12. The van der Waals surface area contributed by atoms with Crippen molar-refractivity contribution in [3.05, 3.63) is 65.7 Å². The van der Waals surface area contributed by atoms with Gasteiger partial charge in [-0.25, -0.2) is 0 Å². The summed E-state index contributed by atoms with van der Waals surface area (Å²) in [4.78, 5) is 27.9. The van der Waals surface area contributed by atoms with Crippen LogP contribution in [0.1, 0.15) is 57.6 Å². The Hall–Kier alpha value is -2.82. The number of hydrogen-bond acceptors (Lipinski definition) is 3. The number of hydrogen-bond donors (Lipinski definition) is 1. The van der Waals surface area contributed by atoms with Gasteiger partial charge >= 0.3 is 0 Å². The van der Waals surface area contributed by atoms with E-state index in [9.17, 15) is 9.59 Å². The zero-order valence-electron chi connectivity index (χ0n) is 19.3. The van der Waals surface area contributed by atoms with Gasteiger partial charge in [-0.15, -0.1) is 0 Å². The molecule has 0 aliphatic heterocycles. The van der Waals surface area contributed by atoms with Crippen molar-refractivity contribution >= 4 is 11.8 Å². The average molecular weight is 425 g/mol. The first-order valence-electron chi connectivity index (χ1n) is 11.3. The molecule has 5 heteroatoms. The lowest BCUT2D eigenvalue weighted by Gasteiger charge is -2.32. The number of ether oxygens (including phenoxy) is 1. The van der Waals surface area contributed by atoms with E-state index in [1.54, 1.807) is 4.90 Å². The molecular formula is C26H36N2O3. The van der Waals surface area contributed by atoms with Gasteiger partial charge in [0.1, 0.15) is 11.8 Å². The Balaban J connectivity index is 2.08. The van der Waals surface area contributed by atoms with Crippen molar-refractivity contribution in [2.45, 2.75) is 72.0 Å². The minimum atomic E-state index is -0.490. The summed E-state index contributed by atoms with van der Waals surface area (Å²) in [6.45, 7) is 8.90. The van der Waals surface area contributed by atoms with Crippen LogP contribution in [-0.4, -0.2) is 35.4 Å². The van der Waals surface area contributed by atoms with Gasteiger partial charge in [-0.1, -0.05) is 56.3 Å². The van der Waals surface area contributed by atoms with E-state index in [-0.39, 0.29) is 17.9 Å². The zero-order chi connectivity index (χ0) is 22.6. The van der Waals surface area contributed by atoms with Gasteiger partial charge in [-0.05, 0) is 56.4 Å². The fourth-order valence-electron chi connectivity index (χ4n) is 3.41. The molecule has 1 N–H and O–H groups in total. The Bertz CT molecular complexity index is 822. The Morgan fingerprint density at radius 3 is 2.32 bits per heavy atom. The van der Waals surface area contributed by atoms with Crippen LogP contribution in [-0.2, 0) is 16.1 Å².